The average Bonchev–Trinajstić information content (AvgIpc) is 3.84. The maximum absolute atomic E-state index is 11.4. The molecule has 6 heterocycles. The first-order valence-corrected chi connectivity index (χ1v) is 19.2. The Hall–Kier alpha value is -2.57. The Morgan fingerprint density at radius 1 is 0.809 bits per heavy atom. The summed E-state index contributed by atoms with van der Waals surface area (Å²) in [6, 6.07) is 5.95. The lowest BCUT2D eigenvalue weighted by atomic mass is 10.0. The molecule has 0 aromatic carbocycles. The molecule has 0 saturated carbocycles. The zero-order valence-corrected chi connectivity index (χ0v) is 31.8. The molecule has 47 heavy (non-hydrogen) atoms. The number of rotatable bonds is 4. The summed E-state index contributed by atoms with van der Waals surface area (Å²) in [4.78, 5) is 25.4. The summed E-state index contributed by atoms with van der Waals surface area (Å²) in [7, 11) is -1.69. The van der Waals surface area contributed by atoms with Gasteiger partial charge in [0.25, 0.3) is 0 Å². The number of nitrogens with two attached hydrogens (primary N) is 3. The fraction of sp³-hybridized carbons (Fsp3) is 0.467. The molecule has 3 aromatic heterocycles. The predicted octanol–water partition coefficient (Wildman–Crippen LogP) is 4.66. The highest BCUT2D eigenvalue weighted by Gasteiger charge is 2.30. The van der Waals surface area contributed by atoms with Crippen LogP contribution in [-0.4, -0.2) is 91.3 Å². The molecular weight excluding hydrogens is 822 g/mol. The summed E-state index contributed by atoms with van der Waals surface area (Å²) in [6.07, 6.45) is 9.28. The smallest absolute Gasteiger partial charge is 0.409 e. The number of carbonyl (C=O) groups excluding carboxylic acids is 1. The van der Waals surface area contributed by atoms with E-state index in [1.807, 2.05) is 18.3 Å². The van der Waals surface area contributed by atoms with Crippen LogP contribution in [-0.2, 0) is 14.8 Å². The number of halogens is 3. The number of nitrogens with zero attached hydrogens (tertiary/aromatic N) is 5. The molecule has 3 fully saturated rings. The number of anilines is 3. The predicted molar refractivity (Wildman–Crippen MR) is 194 cm³/mol. The molecule has 3 saturated heterocycles. The van der Waals surface area contributed by atoms with Gasteiger partial charge >= 0.3 is 6.09 Å². The largest absolute Gasteiger partial charge is 0.453 e. The molecule has 3 aliphatic rings. The van der Waals surface area contributed by atoms with E-state index in [-0.39, 0.29) is 12.0 Å². The highest BCUT2D eigenvalue weighted by molar-refractivity contribution is 9.11. The number of methoxy groups -OCH3 is 1. The van der Waals surface area contributed by atoms with Crippen LogP contribution in [0.2, 0.25) is 0 Å². The lowest BCUT2D eigenvalue weighted by Crippen LogP contribution is -2.28. The molecule has 7 N–H and O–H groups in total. The number of nitrogens with one attached hydrogen (secondary N) is 1. The Morgan fingerprint density at radius 3 is 1.68 bits per heavy atom. The number of hydrogen-bond donors (Lipinski definition) is 4. The normalized spacial score (nSPS) is 21.0. The second-order valence-electron chi connectivity index (χ2n) is 11.6. The van der Waals surface area contributed by atoms with Crippen molar-refractivity contribution < 1.29 is 17.9 Å². The molecule has 13 nitrogen and oxygen atoms in total. The van der Waals surface area contributed by atoms with Gasteiger partial charge in [-0.25, -0.2) is 32.5 Å². The quantitative estimate of drug-likeness (QED) is 0.285. The molecule has 3 aliphatic heterocycles. The van der Waals surface area contributed by atoms with Gasteiger partial charge in [0.05, 0.1) is 26.8 Å². The summed E-state index contributed by atoms with van der Waals surface area (Å²) >= 11 is 10.1. The van der Waals surface area contributed by atoms with E-state index in [0.29, 0.717) is 48.9 Å². The highest BCUT2D eigenvalue weighted by Crippen LogP contribution is 2.32. The molecule has 3 aromatic rings. The summed E-state index contributed by atoms with van der Waals surface area (Å²) in [5, 5.41) is 3.33. The molecule has 1 amide bonds. The van der Waals surface area contributed by atoms with Gasteiger partial charge in [0.15, 0.2) is 0 Å². The third-order valence-corrected chi connectivity index (χ3v) is 11.6. The lowest BCUT2D eigenvalue weighted by Gasteiger charge is -2.14. The second-order valence-corrected chi connectivity index (χ2v) is 16.2. The zero-order valence-electron chi connectivity index (χ0n) is 26.2. The van der Waals surface area contributed by atoms with E-state index in [0.717, 1.165) is 57.0 Å². The number of amides is 1. The first-order valence-electron chi connectivity index (χ1n) is 15.0. The van der Waals surface area contributed by atoms with E-state index < -0.39 is 10.0 Å². The molecule has 6 rings (SSSR count). The van der Waals surface area contributed by atoms with Crippen molar-refractivity contribution in [1.29, 1.82) is 0 Å². The van der Waals surface area contributed by atoms with E-state index in [1.54, 1.807) is 17.3 Å². The Kier molecular flexibility index (Phi) is 13.2. The fourth-order valence-corrected chi connectivity index (χ4v) is 7.62. The first-order chi connectivity index (χ1) is 22.3. The summed E-state index contributed by atoms with van der Waals surface area (Å²) in [6.45, 7) is 4.65. The van der Waals surface area contributed by atoms with Crippen molar-refractivity contribution in [2.45, 2.75) is 37.0 Å². The lowest BCUT2D eigenvalue weighted by molar-refractivity contribution is 0.132. The minimum absolute atomic E-state index is 0.203. The molecule has 0 radical (unpaired) electrons. The number of sulfonamides is 1. The van der Waals surface area contributed by atoms with E-state index in [4.69, 9.17) is 21.9 Å². The van der Waals surface area contributed by atoms with Gasteiger partial charge in [0.2, 0.25) is 10.0 Å². The van der Waals surface area contributed by atoms with Crippen molar-refractivity contribution in [3.8, 4) is 0 Å². The third-order valence-electron chi connectivity index (χ3n) is 8.39. The van der Waals surface area contributed by atoms with E-state index in [1.165, 1.54) is 29.7 Å². The van der Waals surface area contributed by atoms with Crippen LogP contribution in [0.25, 0.3) is 0 Å². The average molecular weight is 862 g/mol. The van der Waals surface area contributed by atoms with E-state index >= 15 is 0 Å². The van der Waals surface area contributed by atoms with Gasteiger partial charge in [-0.3, -0.25) is 0 Å². The second kappa shape index (κ2) is 16.7. The van der Waals surface area contributed by atoms with Crippen LogP contribution in [0.5, 0.6) is 0 Å². The SMILES string of the molecule is COC(=O)N1CCC(c2cnc(N)c(Br)c2)C1.CS(=O)(=O)N1CCC(c2cnc(N)c(Br)c2)C1.Nc1ncc(C2CCNC2)cc1Br. The molecule has 256 valence electrons. The van der Waals surface area contributed by atoms with Crippen LogP contribution >= 0.6 is 47.8 Å². The molecule has 3 unspecified atom stereocenters. The molecule has 0 aliphatic carbocycles. The summed E-state index contributed by atoms with van der Waals surface area (Å²) < 4.78 is 31.5. The highest BCUT2D eigenvalue weighted by atomic mass is 79.9. The molecule has 3 atom stereocenters. The standard InChI is InChI=1S/C11H14BrN3O2.C10H14BrN3O2S.C9H12BrN3/c1-17-11(16)15-3-2-7(6-15)8-4-9(12)10(13)14-5-8;1-17(15,16)14-3-2-7(6-14)8-4-9(11)10(12)13-5-8;10-8-3-7(5-13-9(8)11)6-1-2-12-4-6/h4-5,7H,2-3,6H2,1H3,(H2,13,14);4-5,7H,2-3,6H2,1H3,(H2,12,13);3,5-6,12H,1-2,4H2,(H2,11,13). The van der Waals surface area contributed by atoms with Gasteiger partial charge in [-0.15, -0.1) is 0 Å². The van der Waals surface area contributed by atoms with Crippen LogP contribution in [0.1, 0.15) is 53.7 Å². The van der Waals surface area contributed by atoms with Gasteiger partial charge < -0.3 is 32.2 Å². The third kappa shape index (κ3) is 10.2. The minimum Gasteiger partial charge on any atom is -0.453 e. The molecule has 0 spiro atoms. The van der Waals surface area contributed by atoms with Crippen LogP contribution in [0.3, 0.4) is 0 Å². The number of likely N-dealkylation sites (tertiary alicyclic amines) is 1. The fourth-order valence-electron chi connectivity index (χ4n) is 5.63. The van der Waals surface area contributed by atoms with Crippen molar-refractivity contribution in [1.82, 2.24) is 29.5 Å². The number of aromatic nitrogens is 3. The number of nitrogen functional groups attached to an aromatic ring is 3. The Bertz CT molecular complexity index is 1660. The molecule has 17 heteroatoms. The van der Waals surface area contributed by atoms with Crippen LogP contribution in [0, 0.1) is 0 Å². The minimum atomic E-state index is -3.09. The monoisotopic (exact) mass is 859 g/mol. The summed E-state index contributed by atoms with van der Waals surface area (Å²) in [5.74, 6) is 2.61. The van der Waals surface area contributed by atoms with E-state index in [2.05, 4.69) is 74.1 Å². The van der Waals surface area contributed by atoms with Gasteiger partial charge in [-0.1, -0.05) is 0 Å². The van der Waals surface area contributed by atoms with Crippen LogP contribution in [0.15, 0.2) is 50.2 Å². The van der Waals surface area contributed by atoms with Gasteiger partial charge in [-0.2, -0.15) is 0 Å². The van der Waals surface area contributed by atoms with Crippen LogP contribution < -0.4 is 22.5 Å². The topological polar surface area (TPSA) is 196 Å². The number of hydrogen-bond acceptors (Lipinski definition) is 11. The Morgan fingerprint density at radius 2 is 1.28 bits per heavy atom. The maximum atomic E-state index is 11.4. The zero-order chi connectivity index (χ0) is 34.3. The van der Waals surface area contributed by atoms with Crippen molar-refractivity contribution in [3.05, 3.63) is 66.9 Å². The van der Waals surface area contributed by atoms with Crippen molar-refractivity contribution in [3.63, 3.8) is 0 Å². The maximum Gasteiger partial charge on any atom is 0.409 e. The molecular formula is C30H40Br3N9O4S. The number of carbonyl (C=O) groups is 1. The Balaban J connectivity index is 0.000000161. The van der Waals surface area contributed by atoms with Gasteiger partial charge in [0.1, 0.15) is 17.5 Å². The first kappa shape index (κ1) is 37.3. The van der Waals surface area contributed by atoms with Crippen molar-refractivity contribution >= 4 is 81.4 Å². The number of ether oxygens (including phenoxy) is 1. The summed E-state index contributed by atoms with van der Waals surface area (Å²) in [5.41, 5.74) is 20.3. The molecule has 0 bridgehead atoms. The van der Waals surface area contributed by atoms with Crippen molar-refractivity contribution in [2.75, 3.05) is 69.8 Å². The van der Waals surface area contributed by atoms with Gasteiger partial charge in [-0.05, 0) is 114 Å². The number of pyridine rings is 3. The van der Waals surface area contributed by atoms with Crippen LogP contribution in [0.4, 0.5) is 22.2 Å². The Labute approximate surface area is 300 Å². The van der Waals surface area contributed by atoms with Crippen molar-refractivity contribution in [2.24, 2.45) is 0 Å². The van der Waals surface area contributed by atoms with Gasteiger partial charge in [0, 0.05) is 63.2 Å². The van der Waals surface area contributed by atoms with E-state index in [9.17, 15) is 13.2 Å².